The van der Waals surface area contributed by atoms with Gasteiger partial charge in [-0.25, -0.2) is 4.98 Å². The van der Waals surface area contributed by atoms with E-state index in [4.69, 9.17) is 16.6 Å². The Kier molecular flexibility index (Phi) is 3.79. The number of pyridine rings is 1. The van der Waals surface area contributed by atoms with E-state index in [-0.39, 0.29) is 5.92 Å². The molecule has 1 atom stereocenters. The summed E-state index contributed by atoms with van der Waals surface area (Å²) in [5.74, 6) is 1.28. The van der Waals surface area contributed by atoms with Gasteiger partial charge >= 0.3 is 0 Å². The van der Waals surface area contributed by atoms with Crippen molar-refractivity contribution in [3.05, 3.63) is 70.9 Å². The molecular weight excluding hydrogens is 320 g/mol. The Morgan fingerprint density at radius 3 is 3.00 bits per heavy atom. The topological polar surface area (TPSA) is 54.5 Å². The summed E-state index contributed by atoms with van der Waals surface area (Å²) in [7, 11) is 0. The number of hydrogen-bond acceptors (Lipinski definition) is 3. The molecule has 0 radical (unpaired) electrons. The van der Waals surface area contributed by atoms with Gasteiger partial charge in [0, 0.05) is 41.9 Å². The zero-order valence-corrected chi connectivity index (χ0v) is 13.7. The van der Waals surface area contributed by atoms with Gasteiger partial charge in [-0.3, -0.25) is 4.98 Å². The number of nitrogens with zero attached hydrogens (tertiary/aromatic N) is 4. The molecule has 1 aliphatic heterocycles. The largest absolute Gasteiger partial charge is 0.334 e. The number of benzene rings is 1. The minimum Gasteiger partial charge on any atom is -0.334 e. The first-order valence-electron chi connectivity index (χ1n) is 7.91. The number of nitriles is 1. The quantitative estimate of drug-likeness (QED) is 0.705. The van der Waals surface area contributed by atoms with Crippen LogP contribution >= 0.6 is 11.6 Å². The number of aromatic nitrogens is 3. The molecular formula is C19H15ClN4. The Morgan fingerprint density at radius 2 is 2.17 bits per heavy atom. The van der Waals surface area contributed by atoms with Crippen LogP contribution in [0.4, 0.5) is 0 Å². The summed E-state index contributed by atoms with van der Waals surface area (Å²) >= 11 is 6.08. The van der Waals surface area contributed by atoms with Crippen LogP contribution in [0.25, 0.3) is 11.3 Å². The Balaban J connectivity index is 1.66. The lowest BCUT2D eigenvalue weighted by atomic mass is 9.91. The number of hydrogen-bond donors (Lipinski definition) is 0. The van der Waals surface area contributed by atoms with Crippen molar-refractivity contribution in [3.8, 4) is 17.3 Å². The first-order valence-corrected chi connectivity index (χ1v) is 8.29. The minimum absolute atomic E-state index is 0.239. The predicted molar refractivity (Wildman–Crippen MR) is 92.7 cm³/mol. The Morgan fingerprint density at radius 1 is 1.25 bits per heavy atom. The van der Waals surface area contributed by atoms with Gasteiger partial charge in [0.15, 0.2) is 0 Å². The van der Waals surface area contributed by atoms with Crippen LogP contribution in [0.2, 0.25) is 5.02 Å². The molecule has 3 aromatic rings. The molecule has 4 nitrogen and oxygen atoms in total. The molecule has 1 unspecified atom stereocenters. The summed E-state index contributed by atoms with van der Waals surface area (Å²) in [5.41, 5.74) is 3.52. The van der Waals surface area contributed by atoms with E-state index < -0.39 is 0 Å². The third-order valence-corrected chi connectivity index (χ3v) is 4.71. The summed E-state index contributed by atoms with van der Waals surface area (Å²) in [6.45, 7) is 0.884. The molecule has 0 spiro atoms. The normalized spacial score (nSPS) is 16.4. The van der Waals surface area contributed by atoms with Gasteiger partial charge in [0.2, 0.25) is 0 Å². The molecule has 0 N–H and O–H groups in total. The maximum Gasteiger partial charge on any atom is 0.110 e. The maximum absolute atomic E-state index is 9.30. The predicted octanol–water partition coefficient (Wildman–Crippen LogP) is 4.20. The second kappa shape index (κ2) is 6.10. The van der Waals surface area contributed by atoms with Crippen molar-refractivity contribution >= 4 is 11.6 Å². The molecule has 0 aliphatic carbocycles. The fraction of sp³-hybridized carbons (Fsp3) is 0.211. The van der Waals surface area contributed by atoms with Crippen LogP contribution in [0.5, 0.6) is 0 Å². The molecule has 3 heterocycles. The average Bonchev–Trinajstić information content (AvgIpc) is 3.05. The van der Waals surface area contributed by atoms with Gasteiger partial charge in [-0.2, -0.15) is 5.26 Å². The summed E-state index contributed by atoms with van der Waals surface area (Å²) < 4.78 is 2.20. The van der Waals surface area contributed by atoms with Crippen molar-refractivity contribution in [2.75, 3.05) is 0 Å². The highest BCUT2D eigenvalue weighted by molar-refractivity contribution is 6.30. The summed E-state index contributed by atoms with van der Waals surface area (Å²) in [6, 6.07) is 13.6. The second-order valence-corrected chi connectivity index (χ2v) is 6.42. The van der Waals surface area contributed by atoms with Crippen molar-refractivity contribution in [2.45, 2.75) is 25.3 Å². The molecule has 0 fully saturated rings. The third kappa shape index (κ3) is 2.68. The lowest BCUT2D eigenvalue weighted by Gasteiger charge is -2.23. The molecule has 0 saturated carbocycles. The van der Waals surface area contributed by atoms with Gasteiger partial charge < -0.3 is 4.57 Å². The summed E-state index contributed by atoms with van der Waals surface area (Å²) in [5, 5.41) is 10.0. The molecule has 0 bridgehead atoms. The van der Waals surface area contributed by atoms with E-state index >= 15 is 0 Å². The molecule has 5 heteroatoms. The minimum atomic E-state index is 0.239. The van der Waals surface area contributed by atoms with Crippen LogP contribution in [0, 0.1) is 11.3 Å². The van der Waals surface area contributed by atoms with Crippen LogP contribution in [-0.2, 0) is 13.0 Å². The Bertz CT molecular complexity index is 939. The standard InChI is InChI=1S/C19H15ClN4/c20-16-5-1-3-13(9-16)17-12-24-8-6-14(10-18(24)23-17)19-15(11-21)4-2-7-22-19/h1-5,7,9,12,14H,6,8,10H2. The van der Waals surface area contributed by atoms with Crippen LogP contribution < -0.4 is 0 Å². The molecule has 1 aromatic carbocycles. The second-order valence-electron chi connectivity index (χ2n) is 5.98. The van der Waals surface area contributed by atoms with Crippen LogP contribution in [0.1, 0.15) is 29.4 Å². The smallest absolute Gasteiger partial charge is 0.110 e. The highest BCUT2D eigenvalue weighted by Crippen LogP contribution is 2.32. The highest BCUT2D eigenvalue weighted by Gasteiger charge is 2.25. The van der Waals surface area contributed by atoms with E-state index in [0.29, 0.717) is 10.6 Å². The first-order chi connectivity index (χ1) is 11.7. The SMILES string of the molecule is N#Cc1cccnc1C1CCn2cc(-c3cccc(Cl)c3)nc2C1. The van der Waals surface area contributed by atoms with Gasteiger partial charge in [-0.1, -0.05) is 23.7 Å². The fourth-order valence-electron chi connectivity index (χ4n) is 3.29. The van der Waals surface area contributed by atoms with E-state index in [1.54, 1.807) is 6.20 Å². The third-order valence-electron chi connectivity index (χ3n) is 4.47. The Labute approximate surface area is 145 Å². The van der Waals surface area contributed by atoms with Crippen molar-refractivity contribution in [1.82, 2.24) is 14.5 Å². The average molecular weight is 335 g/mol. The first kappa shape index (κ1) is 14.9. The molecule has 2 aromatic heterocycles. The van der Waals surface area contributed by atoms with E-state index in [1.807, 2.05) is 36.4 Å². The van der Waals surface area contributed by atoms with Crippen molar-refractivity contribution < 1.29 is 0 Å². The maximum atomic E-state index is 9.30. The zero-order chi connectivity index (χ0) is 16.5. The van der Waals surface area contributed by atoms with Crippen LogP contribution in [0.15, 0.2) is 48.8 Å². The number of aryl methyl sites for hydroxylation is 1. The number of halogens is 1. The monoisotopic (exact) mass is 334 g/mol. The van der Waals surface area contributed by atoms with E-state index in [2.05, 4.69) is 21.8 Å². The number of rotatable bonds is 2. The number of fused-ring (bicyclic) bond motifs is 1. The van der Waals surface area contributed by atoms with Crippen molar-refractivity contribution in [1.29, 1.82) is 5.26 Å². The summed E-state index contributed by atoms with van der Waals surface area (Å²) in [6.07, 6.45) is 5.60. The molecule has 24 heavy (non-hydrogen) atoms. The van der Waals surface area contributed by atoms with Crippen LogP contribution in [0.3, 0.4) is 0 Å². The molecule has 1 aliphatic rings. The van der Waals surface area contributed by atoms with E-state index in [1.165, 1.54) is 0 Å². The van der Waals surface area contributed by atoms with Gasteiger partial charge in [0.05, 0.1) is 17.0 Å². The number of imidazole rings is 1. The van der Waals surface area contributed by atoms with Gasteiger partial charge in [0.1, 0.15) is 11.9 Å². The fourth-order valence-corrected chi connectivity index (χ4v) is 3.48. The molecule has 0 saturated heterocycles. The molecule has 4 rings (SSSR count). The highest BCUT2D eigenvalue weighted by atomic mass is 35.5. The van der Waals surface area contributed by atoms with Crippen LogP contribution in [-0.4, -0.2) is 14.5 Å². The summed E-state index contributed by atoms with van der Waals surface area (Å²) in [4.78, 5) is 9.23. The van der Waals surface area contributed by atoms with Crippen molar-refractivity contribution in [2.24, 2.45) is 0 Å². The van der Waals surface area contributed by atoms with Gasteiger partial charge in [-0.05, 0) is 30.7 Å². The van der Waals surface area contributed by atoms with Gasteiger partial charge in [0.25, 0.3) is 0 Å². The lowest BCUT2D eigenvalue weighted by Crippen LogP contribution is -2.19. The lowest BCUT2D eigenvalue weighted by molar-refractivity contribution is 0.458. The van der Waals surface area contributed by atoms with Gasteiger partial charge in [-0.15, -0.1) is 0 Å². The van der Waals surface area contributed by atoms with E-state index in [9.17, 15) is 5.26 Å². The molecule has 0 amide bonds. The van der Waals surface area contributed by atoms with E-state index in [0.717, 1.165) is 42.2 Å². The van der Waals surface area contributed by atoms with Crippen molar-refractivity contribution in [3.63, 3.8) is 0 Å². The molecule has 118 valence electrons. The zero-order valence-electron chi connectivity index (χ0n) is 13.0. The Hall–Kier alpha value is -2.64.